The van der Waals surface area contributed by atoms with Gasteiger partial charge in [0.2, 0.25) is 0 Å². The molecule has 1 atom stereocenters. The van der Waals surface area contributed by atoms with Crippen LogP contribution in [0.1, 0.15) is 31.7 Å². The highest BCUT2D eigenvalue weighted by Gasteiger charge is 2.04. The van der Waals surface area contributed by atoms with Crippen LogP contribution < -0.4 is 10.5 Å². The molecule has 1 aromatic carbocycles. The van der Waals surface area contributed by atoms with Crippen LogP contribution in [0.25, 0.3) is 0 Å². The van der Waals surface area contributed by atoms with Crippen molar-refractivity contribution in [3.05, 3.63) is 29.8 Å². The molecule has 0 aliphatic rings. The second kappa shape index (κ2) is 8.09. The van der Waals surface area contributed by atoms with Gasteiger partial charge in [-0.15, -0.1) is 0 Å². The summed E-state index contributed by atoms with van der Waals surface area (Å²) in [5, 5.41) is 0. The minimum Gasteiger partial charge on any atom is -0.497 e. The Bertz CT molecular complexity index is 315. The average molecular weight is 237 g/mol. The lowest BCUT2D eigenvalue weighted by molar-refractivity contribution is 0.0555. The monoisotopic (exact) mass is 237 g/mol. The number of ether oxygens (including phenoxy) is 2. The zero-order valence-electron chi connectivity index (χ0n) is 10.8. The number of unbranched alkanes of at least 4 members (excludes halogenated alkanes) is 2. The predicted octanol–water partition coefficient (Wildman–Crippen LogP) is 2.73. The molecule has 1 rings (SSSR count). The molecule has 0 aliphatic carbocycles. The molecule has 0 fully saturated rings. The Morgan fingerprint density at radius 2 is 2.12 bits per heavy atom. The topological polar surface area (TPSA) is 44.5 Å². The molecule has 1 unspecified atom stereocenters. The third kappa shape index (κ3) is 5.71. The van der Waals surface area contributed by atoms with Gasteiger partial charge in [-0.2, -0.15) is 0 Å². The van der Waals surface area contributed by atoms with Crippen molar-refractivity contribution in [3.63, 3.8) is 0 Å². The fourth-order valence-electron chi connectivity index (χ4n) is 1.68. The number of nitrogens with two attached hydrogens (primary N) is 1. The summed E-state index contributed by atoms with van der Waals surface area (Å²) in [4.78, 5) is 0. The van der Waals surface area contributed by atoms with E-state index in [0.717, 1.165) is 30.8 Å². The number of rotatable bonds is 8. The van der Waals surface area contributed by atoms with E-state index >= 15 is 0 Å². The van der Waals surface area contributed by atoms with E-state index in [1.165, 1.54) is 12.8 Å². The third-order valence-corrected chi connectivity index (χ3v) is 2.65. The van der Waals surface area contributed by atoms with Crippen LogP contribution in [0.15, 0.2) is 24.3 Å². The Balaban J connectivity index is 2.31. The number of hydrogen-bond donors (Lipinski definition) is 1. The summed E-state index contributed by atoms with van der Waals surface area (Å²) in [5.74, 6) is 0.862. The van der Waals surface area contributed by atoms with Gasteiger partial charge in [-0.25, -0.2) is 0 Å². The van der Waals surface area contributed by atoms with Crippen LogP contribution in [0.3, 0.4) is 0 Å². The molecule has 17 heavy (non-hydrogen) atoms. The van der Waals surface area contributed by atoms with Crippen molar-refractivity contribution in [2.45, 2.75) is 38.8 Å². The molecule has 0 aromatic heterocycles. The summed E-state index contributed by atoms with van der Waals surface area (Å²) >= 11 is 0. The van der Waals surface area contributed by atoms with E-state index in [-0.39, 0.29) is 6.23 Å². The molecule has 0 bridgehead atoms. The van der Waals surface area contributed by atoms with Gasteiger partial charge in [0, 0.05) is 13.0 Å². The van der Waals surface area contributed by atoms with Gasteiger partial charge < -0.3 is 15.2 Å². The van der Waals surface area contributed by atoms with Crippen molar-refractivity contribution in [1.29, 1.82) is 0 Å². The normalized spacial score (nSPS) is 12.4. The minimum absolute atomic E-state index is 0.223. The quantitative estimate of drug-likeness (QED) is 0.558. The Morgan fingerprint density at radius 3 is 2.82 bits per heavy atom. The van der Waals surface area contributed by atoms with Crippen molar-refractivity contribution >= 4 is 0 Å². The molecule has 3 nitrogen and oxygen atoms in total. The second-order valence-corrected chi connectivity index (χ2v) is 4.17. The molecule has 0 radical (unpaired) electrons. The number of methoxy groups -OCH3 is 1. The molecule has 0 spiro atoms. The van der Waals surface area contributed by atoms with E-state index in [0.29, 0.717) is 0 Å². The summed E-state index contributed by atoms with van der Waals surface area (Å²) in [7, 11) is 1.67. The van der Waals surface area contributed by atoms with Gasteiger partial charge in [0.1, 0.15) is 12.0 Å². The molecular formula is C14H23NO2. The Morgan fingerprint density at radius 1 is 1.29 bits per heavy atom. The highest BCUT2D eigenvalue weighted by atomic mass is 16.5. The molecule has 0 heterocycles. The molecule has 3 heteroatoms. The lowest BCUT2D eigenvalue weighted by Gasteiger charge is -2.13. The Labute approximate surface area is 104 Å². The van der Waals surface area contributed by atoms with Crippen LogP contribution in [0.5, 0.6) is 5.75 Å². The standard InChI is InChI=1S/C14H23NO2/c1-3-4-5-9-17-14(15)11-12-7-6-8-13(10-12)16-2/h6-8,10,14H,3-5,9,11,15H2,1-2H3. The molecule has 0 saturated carbocycles. The summed E-state index contributed by atoms with van der Waals surface area (Å²) in [6.45, 7) is 2.93. The Kier molecular flexibility index (Phi) is 6.67. The predicted molar refractivity (Wildman–Crippen MR) is 70.2 cm³/mol. The van der Waals surface area contributed by atoms with Crippen LogP contribution in [0.2, 0.25) is 0 Å². The van der Waals surface area contributed by atoms with Crippen molar-refractivity contribution in [2.75, 3.05) is 13.7 Å². The van der Waals surface area contributed by atoms with Gasteiger partial charge in [0.15, 0.2) is 0 Å². The van der Waals surface area contributed by atoms with Gasteiger partial charge in [0.25, 0.3) is 0 Å². The summed E-state index contributed by atoms with van der Waals surface area (Å²) in [6, 6.07) is 7.93. The maximum atomic E-state index is 5.92. The molecule has 1 aromatic rings. The largest absolute Gasteiger partial charge is 0.497 e. The molecule has 0 saturated heterocycles. The van der Waals surface area contributed by atoms with E-state index in [1.54, 1.807) is 7.11 Å². The van der Waals surface area contributed by atoms with Gasteiger partial charge in [-0.05, 0) is 24.1 Å². The van der Waals surface area contributed by atoms with Crippen LogP contribution in [-0.2, 0) is 11.2 Å². The lowest BCUT2D eigenvalue weighted by Crippen LogP contribution is -2.26. The van der Waals surface area contributed by atoms with Gasteiger partial charge >= 0.3 is 0 Å². The van der Waals surface area contributed by atoms with Crippen molar-refractivity contribution in [3.8, 4) is 5.75 Å². The van der Waals surface area contributed by atoms with Gasteiger partial charge in [0.05, 0.1) is 7.11 Å². The van der Waals surface area contributed by atoms with E-state index in [9.17, 15) is 0 Å². The first kappa shape index (κ1) is 14.0. The molecule has 96 valence electrons. The van der Waals surface area contributed by atoms with E-state index < -0.39 is 0 Å². The highest BCUT2D eigenvalue weighted by molar-refractivity contribution is 5.28. The molecule has 0 amide bonds. The molecule has 0 aliphatic heterocycles. The SMILES string of the molecule is CCCCCOC(N)Cc1cccc(OC)c1. The van der Waals surface area contributed by atoms with Crippen LogP contribution in [0.4, 0.5) is 0 Å². The van der Waals surface area contributed by atoms with E-state index in [1.807, 2.05) is 24.3 Å². The summed E-state index contributed by atoms with van der Waals surface area (Å²) in [6.07, 6.45) is 3.99. The first-order valence-electron chi connectivity index (χ1n) is 6.26. The average Bonchev–Trinajstić information content (AvgIpc) is 2.35. The fourth-order valence-corrected chi connectivity index (χ4v) is 1.68. The lowest BCUT2D eigenvalue weighted by atomic mass is 10.1. The first-order valence-corrected chi connectivity index (χ1v) is 6.26. The Hall–Kier alpha value is -1.06. The third-order valence-electron chi connectivity index (χ3n) is 2.65. The smallest absolute Gasteiger partial charge is 0.119 e. The van der Waals surface area contributed by atoms with Crippen LogP contribution in [0, 0.1) is 0 Å². The van der Waals surface area contributed by atoms with Crippen LogP contribution in [-0.4, -0.2) is 19.9 Å². The summed E-state index contributed by atoms with van der Waals surface area (Å²) < 4.78 is 10.7. The van der Waals surface area contributed by atoms with E-state index in [2.05, 4.69) is 6.92 Å². The van der Waals surface area contributed by atoms with Crippen molar-refractivity contribution in [1.82, 2.24) is 0 Å². The van der Waals surface area contributed by atoms with Crippen molar-refractivity contribution in [2.24, 2.45) is 5.73 Å². The minimum atomic E-state index is -0.223. The van der Waals surface area contributed by atoms with Crippen LogP contribution >= 0.6 is 0 Å². The second-order valence-electron chi connectivity index (χ2n) is 4.17. The number of hydrogen-bond acceptors (Lipinski definition) is 3. The fraction of sp³-hybridized carbons (Fsp3) is 0.571. The summed E-state index contributed by atoms with van der Waals surface area (Å²) in [5.41, 5.74) is 7.06. The number of benzene rings is 1. The van der Waals surface area contributed by atoms with Gasteiger partial charge in [-0.1, -0.05) is 31.9 Å². The molecular weight excluding hydrogens is 214 g/mol. The zero-order chi connectivity index (χ0) is 12.5. The van der Waals surface area contributed by atoms with Crippen molar-refractivity contribution < 1.29 is 9.47 Å². The maximum absolute atomic E-state index is 5.92. The zero-order valence-corrected chi connectivity index (χ0v) is 10.8. The van der Waals surface area contributed by atoms with Gasteiger partial charge in [-0.3, -0.25) is 0 Å². The maximum Gasteiger partial charge on any atom is 0.119 e. The highest BCUT2D eigenvalue weighted by Crippen LogP contribution is 2.13. The molecule has 2 N–H and O–H groups in total. The first-order chi connectivity index (χ1) is 8.26. The van der Waals surface area contributed by atoms with E-state index in [4.69, 9.17) is 15.2 Å².